The average Bonchev–Trinajstić information content (AvgIpc) is 1.58. The molecule has 29 heteroatoms. The van der Waals surface area contributed by atoms with Crippen molar-refractivity contribution in [2.45, 2.75) is 329 Å². The number of esters is 1. The maximum atomic E-state index is 13.6. The van der Waals surface area contributed by atoms with Crippen LogP contribution in [-0.2, 0) is 90.1 Å². The van der Waals surface area contributed by atoms with Gasteiger partial charge in [0.1, 0.15) is 96.2 Å². The Balaban J connectivity index is 0.705. The Morgan fingerprint density at radius 2 is 1.01 bits per heavy atom. The first kappa shape index (κ1) is 77.2. The summed E-state index contributed by atoms with van der Waals surface area (Å²) in [7, 11) is 6.25. The number of rotatable bonds is 22. The highest BCUT2D eigenvalue weighted by Crippen LogP contribution is 2.71. The van der Waals surface area contributed by atoms with E-state index in [0.29, 0.717) is 32.1 Å². The van der Waals surface area contributed by atoms with Crippen molar-refractivity contribution in [2.75, 3.05) is 41.7 Å². The number of hydrogen-bond donors (Lipinski definition) is 10. The molecule has 0 aromatic heterocycles. The maximum Gasteiger partial charge on any atom is 0.330 e. The van der Waals surface area contributed by atoms with E-state index in [9.17, 15) is 60.7 Å². The number of aliphatic hydroxyl groups excluding tert-OH is 7. The van der Waals surface area contributed by atoms with Gasteiger partial charge >= 0.3 is 5.97 Å². The van der Waals surface area contributed by atoms with Crippen molar-refractivity contribution < 1.29 is 141 Å². The smallest absolute Gasteiger partial charge is 0.330 e. The lowest BCUT2D eigenvalue weighted by Gasteiger charge is -2.67. The summed E-state index contributed by atoms with van der Waals surface area (Å²) in [5, 5.41) is 112. The molecule has 0 radical (unpaired) electrons. The molecule has 29 nitrogen and oxygen atoms in total. The number of allylic oxidation sites excluding steroid dienone is 1. The first-order valence-corrected chi connectivity index (χ1v) is 34.6. The molecule has 0 spiro atoms. The summed E-state index contributed by atoms with van der Waals surface area (Å²) in [5.74, 6) is -1.71. The van der Waals surface area contributed by atoms with Gasteiger partial charge in [0.2, 0.25) is 0 Å². The minimum absolute atomic E-state index is 0.0601. The molecule has 3 saturated carbocycles. The van der Waals surface area contributed by atoms with Crippen LogP contribution in [0.4, 0.5) is 0 Å². The fourth-order valence-electron chi connectivity index (χ4n) is 17.6. The second-order valence-corrected chi connectivity index (χ2v) is 29.5. The third kappa shape index (κ3) is 14.4. The number of ketones is 1. The van der Waals surface area contributed by atoms with Crippen molar-refractivity contribution in [3.8, 4) is 0 Å². The van der Waals surface area contributed by atoms with Crippen LogP contribution in [0, 0.1) is 22.7 Å². The summed E-state index contributed by atoms with van der Waals surface area (Å²) in [6, 6.07) is 0. The molecular formula is C68H110O29. The van der Waals surface area contributed by atoms with Crippen LogP contribution in [-0.4, -0.2) is 293 Å². The Kier molecular flexibility index (Phi) is 24.5. The van der Waals surface area contributed by atoms with Gasteiger partial charge in [-0.05, 0) is 105 Å². The highest BCUT2D eigenvalue weighted by molar-refractivity contribution is 5.87. The second kappa shape index (κ2) is 30.7. The van der Waals surface area contributed by atoms with Crippen LogP contribution in [0.1, 0.15) is 140 Å². The lowest BCUT2D eigenvalue weighted by Crippen LogP contribution is -2.78. The summed E-state index contributed by atoms with van der Waals surface area (Å²) >= 11 is 0. The van der Waals surface area contributed by atoms with Gasteiger partial charge in [0.25, 0.3) is 0 Å². The molecular weight excluding hydrogens is 1280 g/mol. The first-order valence-electron chi connectivity index (χ1n) is 34.6. The highest BCUT2D eigenvalue weighted by atomic mass is 16.8. The van der Waals surface area contributed by atoms with E-state index in [1.54, 1.807) is 35.2 Å². The number of methoxy groups -OCH3 is 4. The standard InChI is InChI=1S/C68H110O29/c1-30(2)31(3)21-47(72)92-46-27-45-64(9)17-16-38(22-37(64)15-18-67(45,79)68(80)20-19-66(78,36(8)71)65(46,68)10)89-48-23-39(81-11)57(32(4)85-48)93-49-24-40(82-12)58(33(5)86-49)94-50-25-41(83-13)59(34(6)87-50)95-51-26-42(84-14)60(35(7)88-51)96-63-56(77)54(75)61(44(29-70)91-63)97-62-55(76)53(74)52(73)43(28-69)90-62/h15,21,30,32-35,38-46,48-63,69-70,73-80H,16-20,22-29H2,1-14H3/b31-21+/t32-,33-,34-,35-,38+,39+,40+,41-,42+,43-,44-,45-,46-,48+,49+,50+,51+,52-,53+,54-,55-,56-,57-,58-,59-,60-,61-,62+,63+,64+,65-,66-,67+,68-/m1/s1. The van der Waals surface area contributed by atoms with Crippen molar-refractivity contribution in [3.63, 3.8) is 0 Å². The highest BCUT2D eigenvalue weighted by Gasteiger charge is 2.81. The van der Waals surface area contributed by atoms with Crippen LogP contribution in [0.3, 0.4) is 0 Å². The van der Waals surface area contributed by atoms with Crippen LogP contribution in [0.2, 0.25) is 0 Å². The molecule has 9 fully saturated rings. The SMILES string of the molecule is CO[C@H]1C[C@H](O[C@H]2CC[C@@]3(C)C(=CC[C@]4(O)[C@@H]3C[C@@H](OC(=O)/C=C(\C)C(C)C)[C@@]3(C)[C@]4(O)CC[C@@]3(O)C(C)=O)C2)O[C@H](C)[C@H]1O[C@H]1C[C@H](OC)[C@H](O[C@H]2C[C@@H](OC)[C@H](O[C@H]3C[C@H](OC)[C@H](O[C@@H]4O[C@H](CO)[C@@H](O[C@@H]5O[C@H](CO)[C@@H](O)[C@H](O)[C@H]5O)[C@H](O)[C@H]4O)[C@@H](C)O3)[C@@H](C)O2)[C@@H](C)O1. The molecule has 556 valence electrons. The molecule has 4 aliphatic carbocycles. The third-order valence-corrected chi connectivity index (χ3v) is 23.9. The van der Waals surface area contributed by atoms with Crippen LogP contribution in [0.5, 0.6) is 0 Å². The van der Waals surface area contributed by atoms with Gasteiger partial charge in [-0.1, -0.05) is 38.0 Å². The summed E-state index contributed by atoms with van der Waals surface area (Å²) in [6.45, 7) is 16.6. The lowest BCUT2D eigenvalue weighted by molar-refractivity contribution is -0.376. The molecule has 97 heavy (non-hydrogen) atoms. The summed E-state index contributed by atoms with van der Waals surface area (Å²) in [6.07, 6.45) is -21.8. The van der Waals surface area contributed by atoms with Crippen molar-refractivity contribution >= 4 is 11.8 Å². The molecule has 0 bridgehead atoms. The molecule has 6 saturated heterocycles. The predicted molar refractivity (Wildman–Crippen MR) is 334 cm³/mol. The van der Waals surface area contributed by atoms with Gasteiger partial charge in [0, 0.05) is 66.1 Å². The van der Waals surface area contributed by atoms with E-state index in [-0.39, 0.29) is 50.5 Å². The van der Waals surface area contributed by atoms with Crippen LogP contribution >= 0.6 is 0 Å². The summed E-state index contributed by atoms with van der Waals surface area (Å²) in [4.78, 5) is 27.0. The van der Waals surface area contributed by atoms with Crippen LogP contribution < -0.4 is 0 Å². The minimum atomic E-state index is -2.05. The van der Waals surface area contributed by atoms with Gasteiger partial charge in [-0.25, -0.2) is 4.79 Å². The number of hydrogen-bond acceptors (Lipinski definition) is 29. The van der Waals surface area contributed by atoms with E-state index in [2.05, 4.69) is 6.92 Å². The number of carbonyl (C=O) groups excluding carboxylic acids is 2. The van der Waals surface area contributed by atoms with Gasteiger partial charge in [0.15, 0.2) is 43.5 Å². The van der Waals surface area contributed by atoms with Gasteiger partial charge in [0.05, 0.1) is 73.6 Å². The number of fused-ring (bicyclic) bond motifs is 5. The van der Waals surface area contributed by atoms with Crippen molar-refractivity contribution in [1.29, 1.82) is 0 Å². The fraction of sp³-hybridized carbons (Fsp3) is 0.912. The van der Waals surface area contributed by atoms with Crippen molar-refractivity contribution in [1.82, 2.24) is 0 Å². The van der Waals surface area contributed by atoms with E-state index in [0.717, 1.165) is 11.1 Å². The monoisotopic (exact) mass is 1390 g/mol. The molecule has 6 heterocycles. The molecule has 10 N–H and O–H groups in total. The molecule has 0 aromatic carbocycles. The van der Waals surface area contributed by atoms with Gasteiger partial charge in [-0.3, -0.25) is 4.79 Å². The Hall–Kier alpha value is -2.42. The minimum Gasteiger partial charge on any atom is -0.458 e. The number of carbonyl (C=O) groups is 2. The predicted octanol–water partition coefficient (Wildman–Crippen LogP) is 0.773. The average molecular weight is 1390 g/mol. The maximum absolute atomic E-state index is 13.6. The topological polar surface area (TPSA) is 393 Å². The molecule has 0 amide bonds. The lowest BCUT2D eigenvalue weighted by atomic mass is 9.42. The van der Waals surface area contributed by atoms with Crippen molar-refractivity contribution in [3.05, 3.63) is 23.3 Å². The molecule has 0 unspecified atom stereocenters. The van der Waals surface area contributed by atoms with E-state index < -0.39 is 224 Å². The number of ether oxygens (including phenoxy) is 17. The Morgan fingerprint density at radius 1 is 0.567 bits per heavy atom. The Bertz CT molecular complexity index is 2720. The van der Waals surface area contributed by atoms with Crippen LogP contribution in [0.15, 0.2) is 23.3 Å². The zero-order valence-electron chi connectivity index (χ0n) is 58.4. The largest absolute Gasteiger partial charge is 0.458 e. The Labute approximate surface area is 567 Å². The van der Waals surface area contributed by atoms with Gasteiger partial charge < -0.3 is 132 Å². The summed E-state index contributed by atoms with van der Waals surface area (Å²) < 4.78 is 106. The molecule has 10 rings (SSSR count). The van der Waals surface area contributed by atoms with Gasteiger partial charge in [-0.2, -0.15) is 0 Å². The van der Waals surface area contributed by atoms with E-state index in [1.165, 1.54) is 20.1 Å². The van der Waals surface area contributed by atoms with E-state index in [1.807, 2.05) is 47.6 Å². The first-order chi connectivity index (χ1) is 45.8. The van der Waals surface area contributed by atoms with E-state index >= 15 is 0 Å². The fourth-order valence-corrected chi connectivity index (χ4v) is 17.6. The number of Topliss-reactive ketones (excluding diaryl/α,β-unsaturated/α-hetero) is 1. The summed E-state index contributed by atoms with van der Waals surface area (Å²) in [5.41, 5.74) is -6.32. The van der Waals surface area contributed by atoms with Crippen molar-refractivity contribution in [2.24, 2.45) is 22.7 Å². The van der Waals surface area contributed by atoms with Crippen LogP contribution in [0.25, 0.3) is 0 Å². The zero-order valence-corrected chi connectivity index (χ0v) is 58.4. The van der Waals surface area contributed by atoms with E-state index in [4.69, 9.17) is 80.5 Å². The molecule has 6 aliphatic heterocycles. The second-order valence-electron chi connectivity index (χ2n) is 29.5. The quantitative estimate of drug-likeness (QED) is 0.0407. The normalized spacial score (nSPS) is 50.5. The molecule has 0 aromatic rings. The van der Waals surface area contributed by atoms with Gasteiger partial charge in [-0.15, -0.1) is 0 Å². The zero-order chi connectivity index (χ0) is 70.8. The molecule has 34 atom stereocenters. The Morgan fingerprint density at radius 3 is 1.46 bits per heavy atom. The number of aliphatic hydroxyl groups is 10. The molecule has 10 aliphatic rings. The third-order valence-electron chi connectivity index (χ3n) is 23.9.